The van der Waals surface area contributed by atoms with Crippen molar-refractivity contribution in [1.29, 1.82) is 0 Å². The number of carbonyl (C=O) groups is 1. The van der Waals surface area contributed by atoms with Crippen LogP contribution in [0.5, 0.6) is 0 Å². The number of benzene rings is 1. The van der Waals surface area contributed by atoms with Gasteiger partial charge in [-0.3, -0.25) is 9.48 Å². The molecule has 1 N–H and O–H groups in total. The lowest BCUT2D eigenvalue weighted by molar-refractivity contribution is -0.0898. The number of hydrogen-bond donors (Lipinski definition) is 1. The number of likely N-dealkylation sites (tertiary alicyclic amines) is 1. The number of amides is 1. The van der Waals surface area contributed by atoms with Gasteiger partial charge < -0.3 is 10.2 Å². The Morgan fingerprint density at radius 1 is 1.21 bits per heavy atom. The van der Waals surface area contributed by atoms with Crippen LogP contribution in [-0.4, -0.2) is 55.6 Å². The molecule has 2 aromatic heterocycles. The first-order valence-corrected chi connectivity index (χ1v) is 11.1. The van der Waals surface area contributed by atoms with Gasteiger partial charge in [-0.25, -0.2) is 18.7 Å². The third-order valence-electron chi connectivity index (χ3n) is 6.04. The van der Waals surface area contributed by atoms with Gasteiger partial charge in [-0.05, 0) is 23.5 Å². The lowest BCUT2D eigenvalue weighted by Crippen LogP contribution is -2.57. The van der Waals surface area contributed by atoms with E-state index in [-0.39, 0.29) is 18.7 Å². The van der Waals surface area contributed by atoms with Crippen LogP contribution in [0.4, 0.5) is 14.7 Å². The first kappa shape index (κ1) is 22.8. The summed E-state index contributed by atoms with van der Waals surface area (Å²) >= 11 is 0. The van der Waals surface area contributed by atoms with Crippen LogP contribution in [0.3, 0.4) is 0 Å². The van der Waals surface area contributed by atoms with Crippen molar-refractivity contribution in [2.24, 2.45) is 13.0 Å². The van der Waals surface area contributed by atoms with Crippen molar-refractivity contribution < 1.29 is 13.6 Å². The van der Waals surface area contributed by atoms with Crippen molar-refractivity contribution in [2.45, 2.75) is 38.7 Å². The predicted octanol–water partition coefficient (Wildman–Crippen LogP) is 4.04. The Hall–Kier alpha value is -3.36. The lowest BCUT2D eigenvalue weighted by Gasteiger charge is -2.43. The average Bonchev–Trinajstić information content (AvgIpc) is 3.19. The maximum atomic E-state index is 14.6. The van der Waals surface area contributed by atoms with E-state index in [4.69, 9.17) is 0 Å². The van der Waals surface area contributed by atoms with E-state index in [1.165, 1.54) is 9.58 Å². The predicted molar refractivity (Wildman–Crippen MR) is 122 cm³/mol. The largest absolute Gasteiger partial charge is 0.352 e. The van der Waals surface area contributed by atoms with Gasteiger partial charge in [0.2, 0.25) is 5.95 Å². The van der Waals surface area contributed by atoms with Crippen molar-refractivity contribution in [3.8, 4) is 11.1 Å². The quantitative estimate of drug-likeness (QED) is 0.609. The molecule has 0 saturated carbocycles. The zero-order valence-electron chi connectivity index (χ0n) is 19.0. The standard InChI is InChI=1S/C24H28F2N6O/c1-4-17-11-27-23(28-12-17)29-13-20-16(2)10-24(25,26)15-32(20)22(33)21-19(14-31(3)30-21)18-8-6-5-7-9-18/h5-9,11-12,14,16,20H,4,10,13,15H2,1-3H3,(H,27,28,29)/t16-,20-/m1/s1. The molecule has 0 bridgehead atoms. The summed E-state index contributed by atoms with van der Waals surface area (Å²) in [7, 11) is 1.72. The fourth-order valence-corrected chi connectivity index (χ4v) is 4.32. The van der Waals surface area contributed by atoms with Crippen LogP contribution in [0.25, 0.3) is 11.1 Å². The Morgan fingerprint density at radius 3 is 2.58 bits per heavy atom. The van der Waals surface area contributed by atoms with Crippen molar-refractivity contribution in [1.82, 2.24) is 24.6 Å². The van der Waals surface area contributed by atoms with E-state index in [1.807, 2.05) is 37.3 Å². The highest BCUT2D eigenvalue weighted by molar-refractivity contribution is 5.99. The number of halogens is 2. The molecule has 3 heterocycles. The SMILES string of the molecule is CCc1cnc(NC[C@@H]2[C@H](C)CC(F)(F)CN2C(=O)c2nn(C)cc2-c2ccccc2)nc1. The van der Waals surface area contributed by atoms with Crippen LogP contribution in [0.15, 0.2) is 48.9 Å². The summed E-state index contributed by atoms with van der Waals surface area (Å²) < 4.78 is 30.7. The molecule has 0 radical (unpaired) electrons. The molecule has 2 atom stereocenters. The van der Waals surface area contributed by atoms with Gasteiger partial charge in [0, 0.05) is 44.2 Å². The van der Waals surface area contributed by atoms with Gasteiger partial charge in [-0.2, -0.15) is 5.10 Å². The molecule has 174 valence electrons. The second-order valence-corrected chi connectivity index (χ2v) is 8.62. The molecule has 0 unspecified atom stereocenters. The van der Waals surface area contributed by atoms with Gasteiger partial charge >= 0.3 is 0 Å². The van der Waals surface area contributed by atoms with Crippen LogP contribution in [0.1, 0.15) is 36.3 Å². The first-order chi connectivity index (χ1) is 15.8. The van der Waals surface area contributed by atoms with Gasteiger partial charge in [-0.1, -0.05) is 44.2 Å². The summed E-state index contributed by atoms with van der Waals surface area (Å²) in [5.41, 5.74) is 2.61. The summed E-state index contributed by atoms with van der Waals surface area (Å²) in [4.78, 5) is 23.4. The van der Waals surface area contributed by atoms with Crippen LogP contribution in [0.2, 0.25) is 0 Å². The van der Waals surface area contributed by atoms with E-state index in [0.29, 0.717) is 11.5 Å². The summed E-state index contributed by atoms with van der Waals surface area (Å²) in [6, 6.07) is 8.89. The average molecular weight is 455 g/mol. The zero-order chi connectivity index (χ0) is 23.6. The maximum absolute atomic E-state index is 14.6. The van der Waals surface area contributed by atoms with E-state index >= 15 is 0 Å². The fourth-order valence-electron chi connectivity index (χ4n) is 4.32. The van der Waals surface area contributed by atoms with Crippen LogP contribution < -0.4 is 5.32 Å². The third kappa shape index (κ3) is 5.02. The monoisotopic (exact) mass is 454 g/mol. The molecule has 1 fully saturated rings. The molecule has 4 rings (SSSR count). The third-order valence-corrected chi connectivity index (χ3v) is 6.04. The summed E-state index contributed by atoms with van der Waals surface area (Å²) in [6.45, 7) is 3.38. The van der Waals surface area contributed by atoms with E-state index in [2.05, 4.69) is 20.4 Å². The number of carbonyl (C=O) groups excluding carboxylic acids is 1. The molecular weight excluding hydrogens is 426 g/mol. The number of nitrogens with zero attached hydrogens (tertiary/aromatic N) is 5. The molecule has 3 aromatic rings. The topological polar surface area (TPSA) is 75.9 Å². The molecule has 33 heavy (non-hydrogen) atoms. The molecule has 1 saturated heterocycles. The number of aromatic nitrogens is 4. The van der Waals surface area contributed by atoms with Crippen LogP contribution in [0, 0.1) is 5.92 Å². The number of rotatable bonds is 6. The normalized spacial score (nSPS) is 20.0. The van der Waals surface area contributed by atoms with Crippen molar-refractivity contribution in [3.63, 3.8) is 0 Å². The van der Waals surface area contributed by atoms with Gasteiger partial charge in [0.25, 0.3) is 11.8 Å². The minimum Gasteiger partial charge on any atom is -0.352 e. The smallest absolute Gasteiger partial charge is 0.275 e. The minimum atomic E-state index is -2.97. The van der Waals surface area contributed by atoms with Gasteiger partial charge in [0.15, 0.2) is 5.69 Å². The van der Waals surface area contributed by atoms with E-state index < -0.39 is 30.3 Å². The van der Waals surface area contributed by atoms with Gasteiger partial charge in [-0.15, -0.1) is 0 Å². The molecular formula is C24H28F2N6O. The summed E-state index contributed by atoms with van der Waals surface area (Å²) in [5, 5.41) is 7.47. The van der Waals surface area contributed by atoms with Crippen molar-refractivity contribution in [2.75, 3.05) is 18.4 Å². The van der Waals surface area contributed by atoms with E-state index in [9.17, 15) is 13.6 Å². The first-order valence-electron chi connectivity index (χ1n) is 11.1. The molecule has 7 nitrogen and oxygen atoms in total. The highest BCUT2D eigenvalue weighted by atomic mass is 19.3. The van der Waals surface area contributed by atoms with Gasteiger partial charge in [0.05, 0.1) is 12.6 Å². The number of hydrogen-bond acceptors (Lipinski definition) is 5. The summed E-state index contributed by atoms with van der Waals surface area (Å²) in [6.07, 6.45) is 5.75. The second kappa shape index (κ2) is 9.25. The minimum absolute atomic E-state index is 0.169. The molecule has 1 aliphatic rings. The van der Waals surface area contributed by atoms with Crippen molar-refractivity contribution in [3.05, 3.63) is 60.2 Å². The highest BCUT2D eigenvalue weighted by Crippen LogP contribution is 2.36. The molecule has 1 amide bonds. The Labute approximate surface area is 191 Å². The Balaban J connectivity index is 1.62. The molecule has 1 aliphatic heterocycles. The number of alkyl halides is 2. The molecule has 0 spiro atoms. The van der Waals surface area contributed by atoms with Crippen molar-refractivity contribution >= 4 is 11.9 Å². The number of anilines is 1. The van der Waals surface area contributed by atoms with Crippen LogP contribution in [-0.2, 0) is 13.5 Å². The van der Waals surface area contributed by atoms with Gasteiger partial charge in [0.1, 0.15) is 0 Å². The van der Waals surface area contributed by atoms with E-state index in [0.717, 1.165) is 17.5 Å². The summed E-state index contributed by atoms with van der Waals surface area (Å²) in [5.74, 6) is -3.49. The number of aryl methyl sites for hydroxylation is 2. The van der Waals surface area contributed by atoms with E-state index in [1.54, 1.807) is 32.6 Å². The molecule has 0 aliphatic carbocycles. The number of piperidine rings is 1. The van der Waals surface area contributed by atoms with Crippen LogP contribution >= 0.6 is 0 Å². The Bertz CT molecular complexity index is 1100. The highest BCUT2D eigenvalue weighted by Gasteiger charge is 2.46. The fraction of sp³-hybridized carbons (Fsp3) is 0.417. The second-order valence-electron chi connectivity index (χ2n) is 8.62. The Morgan fingerprint density at radius 2 is 1.91 bits per heavy atom. The Kier molecular flexibility index (Phi) is 6.40. The lowest BCUT2D eigenvalue weighted by atomic mass is 9.88. The number of nitrogens with one attached hydrogen (secondary N) is 1. The molecule has 9 heteroatoms. The maximum Gasteiger partial charge on any atom is 0.275 e. The molecule has 1 aromatic carbocycles. The zero-order valence-corrected chi connectivity index (χ0v) is 19.0.